The maximum atomic E-state index is 13.5. The Hall–Kier alpha value is -0.690. The van der Waals surface area contributed by atoms with E-state index in [2.05, 4.69) is 31.9 Å². The highest BCUT2D eigenvalue weighted by Gasteiger charge is 2.49. The van der Waals surface area contributed by atoms with E-state index in [9.17, 15) is 14.5 Å². The van der Waals surface area contributed by atoms with Crippen molar-refractivity contribution in [3.05, 3.63) is 32.5 Å². The van der Waals surface area contributed by atoms with E-state index in [0.29, 0.717) is 4.83 Å². The van der Waals surface area contributed by atoms with Crippen LogP contribution in [-0.4, -0.2) is 15.9 Å². The van der Waals surface area contributed by atoms with Crippen LogP contribution < -0.4 is 4.74 Å². The minimum Gasteiger partial charge on any atom is -0.483 e. The second-order valence-corrected chi connectivity index (χ2v) is 7.08. The molecule has 1 fully saturated rings. The highest BCUT2D eigenvalue weighted by molar-refractivity contribution is 9.10. The second-order valence-electron chi connectivity index (χ2n) is 5.12. The molecule has 2 unspecified atom stereocenters. The van der Waals surface area contributed by atoms with Crippen LogP contribution in [0.4, 0.5) is 10.1 Å². The van der Waals surface area contributed by atoms with Gasteiger partial charge in [-0.15, -0.1) is 0 Å². The molecule has 104 valence electrons. The van der Waals surface area contributed by atoms with Crippen LogP contribution in [0.25, 0.3) is 0 Å². The standard InChI is InChI=1S/C12H12Br2FNO3/c1-12(2)10(14)5-11(12)19-9-4-7(15)6(13)3-8(9)16(17)18/h3-4,10-11H,5H2,1-2H3. The number of ether oxygens (including phenoxy) is 1. The van der Waals surface area contributed by atoms with E-state index >= 15 is 0 Å². The van der Waals surface area contributed by atoms with Crippen molar-refractivity contribution < 1.29 is 14.1 Å². The van der Waals surface area contributed by atoms with E-state index < -0.39 is 10.7 Å². The number of hydrogen-bond donors (Lipinski definition) is 0. The summed E-state index contributed by atoms with van der Waals surface area (Å²) in [4.78, 5) is 10.7. The van der Waals surface area contributed by atoms with Gasteiger partial charge >= 0.3 is 5.69 Å². The molecule has 0 spiro atoms. The first kappa shape index (κ1) is 14.7. The van der Waals surface area contributed by atoms with Crippen molar-refractivity contribution in [1.29, 1.82) is 0 Å². The molecular formula is C12H12Br2FNO3. The van der Waals surface area contributed by atoms with Crippen LogP contribution in [0.15, 0.2) is 16.6 Å². The topological polar surface area (TPSA) is 52.4 Å². The van der Waals surface area contributed by atoms with Gasteiger partial charge < -0.3 is 4.74 Å². The number of nitrogens with zero attached hydrogens (tertiary/aromatic N) is 1. The van der Waals surface area contributed by atoms with Crippen LogP contribution in [0, 0.1) is 21.3 Å². The van der Waals surface area contributed by atoms with Crippen molar-refractivity contribution >= 4 is 37.5 Å². The Balaban J connectivity index is 2.30. The summed E-state index contributed by atoms with van der Waals surface area (Å²) in [6, 6.07) is 2.18. The van der Waals surface area contributed by atoms with Crippen molar-refractivity contribution in [2.75, 3.05) is 0 Å². The van der Waals surface area contributed by atoms with E-state index in [-0.39, 0.29) is 27.4 Å². The molecule has 7 heteroatoms. The van der Waals surface area contributed by atoms with Gasteiger partial charge in [0.2, 0.25) is 0 Å². The van der Waals surface area contributed by atoms with Gasteiger partial charge in [0.25, 0.3) is 0 Å². The van der Waals surface area contributed by atoms with E-state index in [0.717, 1.165) is 18.6 Å². The summed E-state index contributed by atoms with van der Waals surface area (Å²) in [5.41, 5.74) is -0.376. The van der Waals surface area contributed by atoms with Gasteiger partial charge in [0, 0.05) is 22.4 Å². The minimum atomic E-state index is -0.576. The first-order valence-electron chi connectivity index (χ1n) is 5.67. The molecular weight excluding hydrogens is 385 g/mol. The molecule has 4 nitrogen and oxygen atoms in total. The molecule has 2 atom stereocenters. The summed E-state index contributed by atoms with van der Waals surface area (Å²) in [7, 11) is 0. The number of rotatable bonds is 3. The first-order chi connectivity index (χ1) is 8.73. The lowest BCUT2D eigenvalue weighted by atomic mass is 9.69. The zero-order valence-corrected chi connectivity index (χ0v) is 13.5. The molecule has 1 aromatic rings. The van der Waals surface area contributed by atoms with E-state index in [4.69, 9.17) is 4.74 Å². The lowest BCUT2D eigenvalue weighted by Crippen LogP contribution is -2.53. The predicted molar refractivity (Wildman–Crippen MR) is 76.3 cm³/mol. The molecule has 19 heavy (non-hydrogen) atoms. The smallest absolute Gasteiger partial charge is 0.312 e. The normalized spacial score (nSPS) is 24.7. The SMILES string of the molecule is CC1(C)C(Br)CC1Oc1cc(F)c(Br)cc1[N+](=O)[O-]. The molecule has 0 aromatic heterocycles. The van der Waals surface area contributed by atoms with Gasteiger partial charge in [0.05, 0.1) is 9.40 Å². The average molecular weight is 397 g/mol. The third kappa shape index (κ3) is 2.63. The molecule has 1 aromatic carbocycles. The summed E-state index contributed by atoms with van der Waals surface area (Å²) in [6.45, 7) is 4.00. The first-order valence-corrected chi connectivity index (χ1v) is 7.38. The Kier molecular flexibility index (Phi) is 3.88. The minimum absolute atomic E-state index is 0.0248. The molecule has 1 aliphatic carbocycles. The summed E-state index contributed by atoms with van der Waals surface area (Å²) >= 11 is 6.45. The number of alkyl halides is 1. The Morgan fingerprint density at radius 1 is 1.53 bits per heavy atom. The number of nitro groups is 1. The summed E-state index contributed by atoms with van der Waals surface area (Å²) < 4.78 is 19.2. The largest absolute Gasteiger partial charge is 0.483 e. The number of benzene rings is 1. The summed E-state index contributed by atoms with van der Waals surface area (Å²) in [5, 5.41) is 11.0. The highest BCUT2D eigenvalue weighted by Crippen LogP contribution is 2.48. The van der Waals surface area contributed by atoms with Gasteiger partial charge in [0.1, 0.15) is 11.9 Å². The molecule has 0 saturated heterocycles. The quantitative estimate of drug-likeness (QED) is 0.431. The van der Waals surface area contributed by atoms with Crippen molar-refractivity contribution in [1.82, 2.24) is 0 Å². The van der Waals surface area contributed by atoms with Crippen molar-refractivity contribution in [3.8, 4) is 5.75 Å². The lowest BCUT2D eigenvalue weighted by molar-refractivity contribution is -0.386. The molecule has 0 amide bonds. The molecule has 0 aliphatic heterocycles. The van der Waals surface area contributed by atoms with Crippen molar-refractivity contribution in [2.45, 2.75) is 31.2 Å². The lowest BCUT2D eigenvalue weighted by Gasteiger charge is -2.48. The summed E-state index contributed by atoms with van der Waals surface area (Å²) in [6.07, 6.45) is 0.568. The van der Waals surface area contributed by atoms with Crippen molar-refractivity contribution in [2.24, 2.45) is 5.41 Å². The van der Waals surface area contributed by atoms with E-state index in [1.807, 2.05) is 13.8 Å². The van der Waals surface area contributed by atoms with Gasteiger partial charge in [0.15, 0.2) is 5.75 Å². The fourth-order valence-electron chi connectivity index (χ4n) is 1.95. The molecule has 0 heterocycles. The van der Waals surface area contributed by atoms with Crippen LogP contribution in [-0.2, 0) is 0 Å². The molecule has 1 aliphatic rings. The van der Waals surface area contributed by atoms with Crippen molar-refractivity contribution in [3.63, 3.8) is 0 Å². The molecule has 0 bridgehead atoms. The van der Waals surface area contributed by atoms with Gasteiger partial charge in [-0.05, 0) is 22.4 Å². The summed E-state index contributed by atoms with van der Waals surface area (Å²) in [5.74, 6) is -0.601. The van der Waals surface area contributed by atoms with Gasteiger partial charge in [-0.1, -0.05) is 29.8 Å². The van der Waals surface area contributed by atoms with Crippen LogP contribution in [0.2, 0.25) is 0 Å². The van der Waals surface area contributed by atoms with E-state index in [1.165, 1.54) is 0 Å². The highest BCUT2D eigenvalue weighted by atomic mass is 79.9. The fourth-order valence-corrected chi connectivity index (χ4v) is 2.91. The maximum absolute atomic E-state index is 13.5. The van der Waals surface area contributed by atoms with Gasteiger partial charge in [-0.3, -0.25) is 10.1 Å². The number of nitro benzene ring substituents is 1. The maximum Gasteiger partial charge on any atom is 0.312 e. The van der Waals surface area contributed by atoms with Crippen LogP contribution in [0.5, 0.6) is 5.75 Å². The zero-order chi connectivity index (χ0) is 14.4. The average Bonchev–Trinajstić information content (AvgIpc) is 2.32. The van der Waals surface area contributed by atoms with Gasteiger partial charge in [-0.25, -0.2) is 4.39 Å². The van der Waals surface area contributed by atoms with Gasteiger partial charge in [-0.2, -0.15) is 0 Å². The number of hydrogen-bond acceptors (Lipinski definition) is 3. The monoisotopic (exact) mass is 395 g/mol. The van der Waals surface area contributed by atoms with E-state index in [1.54, 1.807) is 0 Å². The zero-order valence-electron chi connectivity index (χ0n) is 10.3. The second kappa shape index (κ2) is 5.01. The molecule has 1 saturated carbocycles. The van der Waals surface area contributed by atoms with Crippen LogP contribution >= 0.6 is 31.9 Å². The third-order valence-corrected chi connectivity index (χ3v) is 5.69. The number of halogens is 3. The third-order valence-electron chi connectivity index (χ3n) is 3.53. The predicted octanol–water partition coefficient (Wildman–Crippen LogP) is 4.44. The molecule has 0 N–H and O–H groups in total. The van der Waals surface area contributed by atoms with Crippen LogP contribution in [0.3, 0.4) is 0 Å². The Bertz CT molecular complexity index is 536. The fraction of sp³-hybridized carbons (Fsp3) is 0.500. The Morgan fingerprint density at radius 3 is 2.63 bits per heavy atom. The molecule has 0 radical (unpaired) electrons. The Labute approximate surface area is 126 Å². The van der Waals surface area contributed by atoms with Crippen LogP contribution in [0.1, 0.15) is 20.3 Å². The Morgan fingerprint density at radius 2 is 2.16 bits per heavy atom. The molecule has 2 rings (SSSR count).